The van der Waals surface area contributed by atoms with Crippen LogP contribution in [0.15, 0.2) is 30.0 Å². The number of rotatable bonds is 49. The van der Waals surface area contributed by atoms with E-state index in [0.717, 1.165) is 0 Å². The van der Waals surface area contributed by atoms with Gasteiger partial charge in [0.05, 0.1) is 12.6 Å². The van der Waals surface area contributed by atoms with Gasteiger partial charge in [0.2, 0.25) is 53.2 Å². The number of unbranched alkanes of at least 4 members (excludes halogenated alkanes) is 1. The van der Waals surface area contributed by atoms with Crippen LogP contribution in [0.25, 0.3) is 0 Å². The van der Waals surface area contributed by atoms with Crippen molar-refractivity contribution in [3.05, 3.63) is 0 Å². The molecule has 0 spiro atoms. The number of nitrogens with two attached hydrogens (primary N) is 15. The molecule has 0 radical (unpaired) electrons. The molecule has 40 N–H and O–H groups in total. The molecule has 0 aliphatic heterocycles. The van der Waals surface area contributed by atoms with Crippen LogP contribution in [-0.2, 0) is 47.9 Å². The van der Waals surface area contributed by atoms with E-state index in [4.69, 9.17) is 86.0 Å². The Morgan fingerprint density at radius 2 is 0.538 bits per heavy atom. The van der Waals surface area contributed by atoms with Gasteiger partial charge in [0.1, 0.15) is 48.3 Å². The third-order valence-electron chi connectivity index (χ3n) is 12.9. The van der Waals surface area contributed by atoms with Crippen LogP contribution >= 0.6 is 0 Å². The monoisotopic (exact) mass is 1300 g/mol. The third-order valence-corrected chi connectivity index (χ3v) is 12.9. The quantitative estimate of drug-likeness (QED) is 0.0153. The molecular weight excluding hydrogens is 1200 g/mol. The van der Waals surface area contributed by atoms with Crippen molar-refractivity contribution in [3.8, 4) is 0 Å². The number of hydrogen-bond acceptors (Lipinski definition) is 19. The smallest absolute Gasteiger partial charge is 0.326 e. The zero-order valence-electron chi connectivity index (χ0n) is 51.2. The van der Waals surface area contributed by atoms with E-state index in [0.29, 0.717) is 19.3 Å². The number of aliphatic carboxylic acids is 1. The van der Waals surface area contributed by atoms with Gasteiger partial charge in [-0.15, -0.1) is 0 Å². The summed E-state index contributed by atoms with van der Waals surface area (Å²) in [5.74, 6) is -11.8. The summed E-state index contributed by atoms with van der Waals surface area (Å²) in [5.41, 5.74) is 82.7. The van der Waals surface area contributed by atoms with E-state index in [-0.39, 0.29) is 159 Å². The Kier molecular flexibility index (Phi) is 41.3. The number of amides is 9. The number of nitrogens with one attached hydrogen (secondary N) is 8. The van der Waals surface area contributed by atoms with Gasteiger partial charge in [0.15, 0.2) is 35.8 Å². The Hall–Kier alpha value is -9.80. The largest absolute Gasteiger partial charge is 0.480 e. The standard InChI is InChI=1S/C50H99N29O12/c51-18-2-1-10-27(72-36(82)26(52)9-3-19-66-45(54)55)41(87)79-34(25-80)43(89)76-30(13-6-22-69-48(60)61)38(84)73-29(12-5-21-68-47(58)59)39(85)77-32(16-17-35(53)81)42(88)75-28(11-4-20-67-46(56)57)37(83)74-31(14-7-23-70-49(62)63)40(86)78-33(44(90)91)15-8-24-71-50(64)65/h26-34,80H,1-25,51-52H2,(H2,53,81)(H,72,82)(H,73,84)(H,74,83)(H,75,88)(H,76,89)(H,77,85)(H,78,86)(H,79,87)(H,90,91)(H4,54,55,66)(H4,56,57,67)(H4,58,59,68)(H4,60,61,69)(H4,62,63,70)(H4,64,65,71)/t26-,27+,28+,29-,30+,31+,32+,33-,34+/m1/s1. The minimum absolute atomic E-state index is 0.00960. The minimum Gasteiger partial charge on any atom is -0.480 e. The molecule has 41 heteroatoms. The normalized spacial score (nSPS) is 13.7. The summed E-state index contributed by atoms with van der Waals surface area (Å²) in [4.78, 5) is 160. The van der Waals surface area contributed by atoms with E-state index in [1.807, 2.05) is 0 Å². The van der Waals surface area contributed by atoms with Crippen molar-refractivity contribution >= 4 is 94.9 Å². The first-order chi connectivity index (χ1) is 42.9. The zero-order chi connectivity index (χ0) is 69.0. The maximum atomic E-state index is 14.5. The Bertz CT molecular complexity index is 2510. The fraction of sp³-hybridized carbons (Fsp3) is 0.680. The van der Waals surface area contributed by atoms with Gasteiger partial charge in [-0.25, -0.2) is 4.79 Å². The van der Waals surface area contributed by atoms with Gasteiger partial charge < -0.3 is 139 Å². The molecule has 0 aromatic heterocycles. The maximum absolute atomic E-state index is 14.5. The van der Waals surface area contributed by atoms with E-state index in [1.54, 1.807) is 0 Å². The number of primary amides is 1. The molecule has 9 amide bonds. The zero-order valence-corrected chi connectivity index (χ0v) is 51.2. The van der Waals surface area contributed by atoms with Crippen molar-refractivity contribution in [3.63, 3.8) is 0 Å². The number of aliphatic hydroxyl groups is 1. The predicted molar refractivity (Wildman–Crippen MR) is 339 cm³/mol. The van der Waals surface area contributed by atoms with E-state index in [2.05, 4.69) is 72.5 Å². The first kappa shape index (κ1) is 81.2. The van der Waals surface area contributed by atoms with Crippen LogP contribution < -0.4 is 129 Å². The van der Waals surface area contributed by atoms with Gasteiger partial charge in [-0.3, -0.25) is 73.1 Å². The van der Waals surface area contributed by atoms with Gasteiger partial charge in [-0.05, 0) is 109 Å². The van der Waals surface area contributed by atoms with Crippen molar-refractivity contribution in [2.45, 2.75) is 164 Å². The number of carboxylic acid groups (broad SMARTS) is 1. The molecule has 9 atom stereocenters. The number of guanidine groups is 6. The van der Waals surface area contributed by atoms with Crippen molar-refractivity contribution < 1.29 is 58.2 Å². The molecule has 91 heavy (non-hydrogen) atoms. The van der Waals surface area contributed by atoms with Gasteiger partial charge >= 0.3 is 5.97 Å². The topological polar surface area (TPSA) is 772 Å². The molecule has 0 aromatic carbocycles. The summed E-state index contributed by atoms with van der Waals surface area (Å²) in [6.45, 7) is -0.834. The SMILES string of the molecule is NCCCC[C@H](NC(=O)[C@H](N)CCCN=C(N)N)C(=O)N[C@@H](CO)C(=O)N[C@@H](CCCN=C(N)N)C(=O)N[C@H](CCCN=C(N)N)C(=O)N[C@@H](CCC(N)=O)C(=O)N[C@@H](CCCN=C(N)N)C(=O)N[C@@H](CCCN=C(N)N)C(=O)N[C@H](CCCN=C(N)N)C(=O)O. The highest BCUT2D eigenvalue weighted by molar-refractivity contribution is 5.98. The van der Waals surface area contributed by atoms with E-state index in [1.165, 1.54) is 0 Å². The highest BCUT2D eigenvalue weighted by Crippen LogP contribution is 2.11. The van der Waals surface area contributed by atoms with E-state index >= 15 is 0 Å². The molecule has 0 saturated carbocycles. The second-order valence-electron chi connectivity index (χ2n) is 20.6. The molecule has 0 aliphatic rings. The summed E-state index contributed by atoms with van der Waals surface area (Å²) in [5, 5.41) is 40.2. The molecule has 0 heterocycles. The summed E-state index contributed by atoms with van der Waals surface area (Å²) >= 11 is 0. The van der Waals surface area contributed by atoms with Gasteiger partial charge in [0.25, 0.3) is 0 Å². The molecule has 0 bridgehead atoms. The highest BCUT2D eigenvalue weighted by atomic mass is 16.4. The van der Waals surface area contributed by atoms with E-state index in [9.17, 15) is 58.2 Å². The van der Waals surface area contributed by atoms with Crippen LogP contribution in [0.3, 0.4) is 0 Å². The Labute approximate surface area is 526 Å². The number of aliphatic imine (C=N–C) groups is 6. The van der Waals surface area contributed by atoms with Gasteiger partial charge in [-0.1, -0.05) is 0 Å². The molecule has 41 nitrogen and oxygen atoms in total. The number of nitrogens with zero attached hydrogens (tertiary/aromatic N) is 6. The molecule has 516 valence electrons. The number of carbonyl (C=O) groups excluding carboxylic acids is 9. The van der Waals surface area contributed by atoms with Crippen molar-refractivity contribution in [1.29, 1.82) is 0 Å². The Morgan fingerprint density at radius 3 is 0.802 bits per heavy atom. The van der Waals surface area contributed by atoms with Crippen LogP contribution in [0.5, 0.6) is 0 Å². The minimum atomic E-state index is -1.75. The second-order valence-corrected chi connectivity index (χ2v) is 20.6. The summed E-state index contributed by atoms with van der Waals surface area (Å²) in [6.07, 6.45) is -0.584. The highest BCUT2D eigenvalue weighted by Gasteiger charge is 2.35. The molecule has 0 unspecified atom stereocenters. The first-order valence-electron chi connectivity index (χ1n) is 29.2. The van der Waals surface area contributed by atoms with Crippen LogP contribution in [0, 0.1) is 0 Å². The first-order valence-corrected chi connectivity index (χ1v) is 29.2. The summed E-state index contributed by atoms with van der Waals surface area (Å²) in [6, 6.07) is -13.5. The predicted octanol–water partition coefficient (Wildman–Crippen LogP) is -12.0. The molecule has 0 saturated heterocycles. The average molecular weight is 1300 g/mol. The lowest BCUT2D eigenvalue weighted by Gasteiger charge is -2.28. The molecule has 0 aliphatic carbocycles. The third kappa shape index (κ3) is 39.0. The number of carbonyl (C=O) groups is 10. The Balaban J connectivity index is 7.27. The number of hydrogen-bond donors (Lipinski definition) is 25. The Morgan fingerprint density at radius 1 is 0.308 bits per heavy atom. The van der Waals surface area contributed by atoms with Crippen molar-refractivity contribution in [2.24, 2.45) is 116 Å². The second kappa shape index (κ2) is 46.3. The van der Waals surface area contributed by atoms with Crippen molar-refractivity contribution in [1.82, 2.24) is 42.5 Å². The van der Waals surface area contributed by atoms with Crippen LogP contribution in [-0.4, -0.2) is 212 Å². The van der Waals surface area contributed by atoms with Gasteiger partial charge in [0, 0.05) is 45.7 Å². The van der Waals surface area contributed by atoms with E-state index < -0.39 is 133 Å². The van der Waals surface area contributed by atoms with Crippen molar-refractivity contribution in [2.75, 3.05) is 52.4 Å². The lowest BCUT2D eigenvalue weighted by Crippen LogP contribution is -2.60. The fourth-order valence-corrected chi connectivity index (χ4v) is 8.20. The van der Waals surface area contributed by atoms with Crippen LogP contribution in [0.2, 0.25) is 0 Å². The number of carboxylic acids is 1. The lowest BCUT2D eigenvalue weighted by atomic mass is 10.0. The fourth-order valence-electron chi connectivity index (χ4n) is 8.20. The molecule has 0 aromatic rings. The van der Waals surface area contributed by atoms with Gasteiger partial charge in [-0.2, -0.15) is 0 Å². The maximum Gasteiger partial charge on any atom is 0.326 e. The summed E-state index contributed by atoms with van der Waals surface area (Å²) in [7, 11) is 0. The molecular formula is C50H99N29O12. The molecule has 0 fully saturated rings. The lowest BCUT2D eigenvalue weighted by molar-refractivity contribution is -0.142. The number of aliphatic hydroxyl groups excluding tert-OH is 1. The van der Waals surface area contributed by atoms with Crippen LogP contribution in [0.1, 0.15) is 109 Å². The average Bonchev–Trinajstić information content (AvgIpc) is 1.54. The summed E-state index contributed by atoms with van der Waals surface area (Å²) < 4.78 is 0. The van der Waals surface area contributed by atoms with Crippen LogP contribution in [0.4, 0.5) is 0 Å². The molecule has 0 rings (SSSR count).